The lowest BCUT2D eigenvalue weighted by atomic mass is 9.58. The van der Waals surface area contributed by atoms with E-state index >= 15 is 0 Å². The van der Waals surface area contributed by atoms with Gasteiger partial charge in [-0.1, -0.05) is 24.3 Å². The first-order valence-corrected chi connectivity index (χ1v) is 9.75. The molecule has 2 atom stereocenters. The molecule has 0 radical (unpaired) electrons. The number of hydrogen-bond acceptors (Lipinski definition) is 6. The third-order valence-electron chi connectivity index (χ3n) is 5.56. The zero-order chi connectivity index (χ0) is 23.0. The van der Waals surface area contributed by atoms with Gasteiger partial charge in [-0.2, -0.15) is 15.8 Å². The van der Waals surface area contributed by atoms with Gasteiger partial charge in [-0.05, 0) is 38.0 Å². The highest BCUT2D eigenvalue weighted by Gasteiger charge is 2.55. The smallest absolute Gasteiger partial charge is 0.410 e. The standard InChI is InChI=1S/C23H22FN5O2/c1-22(2,3)31-21(30)29-9-8-14-16(10-25)20(28)23(12-26,13-27)19(17(14)11-29)15-6-4-5-7-18(15)24/h4-8,17,19H,9,11,28H2,1-3H3. The van der Waals surface area contributed by atoms with Crippen molar-refractivity contribution >= 4 is 6.09 Å². The van der Waals surface area contributed by atoms with E-state index in [0.29, 0.717) is 5.57 Å². The van der Waals surface area contributed by atoms with E-state index in [-0.39, 0.29) is 29.9 Å². The maximum atomic E-state index is 14.9. The van der Waals surface area contributed by atoms with Gasteiger partial charge < -0.3 is 15.4 Å². The van der Waals surface area contributed by atoms with Crippen LogP contribution in [0, 0.1) is 51.1 Å². The number of benzene rings is 1. The summed E-state index contributed by atoms with van der Waals surface area (Å²) < 4.78 is 20.3. The zero-order valence-electron chi connectivity index (χ0n) is 17.5. The van der Waals surface area contributed by atoms with Gasteiger partial charge in [0.25, 0.3) is 0 Å². The van der Waals surface area contributed by atoms with Crippen molar-refractivity contribution in [2.45, 2.75) is 32.3 Å². The minimum Gasteiger partial charge on any atom is -0.444 e. The number of nitrogens with zero attached hydrogens (tertiary/aromatic N) is 4. The van der Waals surface area contributed by atoms with Crippen molar-refractivity contribution in [3.05, 3.63) is 58.6 Å². The Morgan fingerprint density at radius 1 is 1.26 bits per heavy atom. The molecule has 2 unspecified atom stereocenters. The minimum absolute atomic E-state index is 0.0320. The van der Waals surface area contributed by atoms with Crippen LogP contribution in [0.1, 0.15) is 32.3 Å². The lowest BCUT2D eigenvalue weighted by Crippen LogP contribution is -2.50. The molecule has 3 rings (SSSR count). The summed E-state index contributed by atoms with van der Waals surface area (Å²) in [6, 6.07) is 11.8. The Morgan fingerprint density at radius 2 is 1.90 bits per heavy atom. The van der Waals surface area contributed by atoms with Crippen LogP contribution in [0.4, 0.5) is 9.18 Å². The highest BCUT2D eigenvalue weighted by atomic mass is 19.1. The quantitative estimate of drug-likeness (QED) is 0.742. The van der Waals surface area contributed by atoms with E-state index in [9.17, 15) is 25.0 Å². The molecule has 1 aromatic rings. The molecule has 31 heavy (non-hydrogen) atoms. The first kappa shape index (κ1) is 21.9. The number of nitrogens with two attached hydrogens (primary N) is 1. The number of carbonyl (C=O) groups excluding carboxylic acids is 1. The molecule has 0 fully saturated rings. The van der Waals surface area contributed by atoms with Gasteiger partial charge in [0.1, 0.15) is 17.5 Å². The summed E-state index contributed by atoms with van der Waals surface area (Å²) in [5.74, 6) is -2.30. The number of fused-ring (bicyclic) bond motifs is 1. The highest BCUT2D eigenvalue weighted by molar-refractivity contribution is 5.70. The maximum absolute atomic E-state index is 14.9. The van der Waals surface area contributed by atoms with E-state index in [1.54, 1.807) is 32.9 Å². The van der Waals surface area contributed by atoms with Gasteiger partial charge in [-0.15, -0.1) is 0 Å². The molecule has 1 aromatic carbocycles. The largest absolute Gasteiger partial charge is 0.444 e. The SMILES string of the molecule is CC(C)(C)OC(=O)N1CC=C2C(C#N)=C(N)C(C#N)(C#N)C(c3ccccc3F)C2C1. The topological polar surface area (TPSA) is 127 Å². The molecule has 0 bridgehead atoms. The fraction of sp³-hybridized carbons (Fsp3) is 0.391. The monoisotopic (exact) mass is 419 g/mol. The second-order valence-electron chi connectivity index (χ2n) is 8.58. The minimum atomic E-state index is -1.97. The number of nitriles is 3. The van der Waals surface area contributed by atoms with Crippen molar-refractivity contribution in [2.75, 3.05) is 13.1 Å². The van der Waals surface area contributed by atoms with E-state index in [4.69, 9.17) is 10.5 Å². The summed E-state index contributed by atoms with van der Waals surface area (Å²) in [6.45, 7) is 5.43. The fourth-order valence-electron chi connectivity index (χ4n) is 4.23. The van der Waals surface area contributed by atoms with Crippen LogP contribution in [0.2, 0.25) is 0 Å². The Labute approximate surface area is 180 Å². The van der Waals surface area contributed by atoms with Gasteiger partial charge in [0.05, 0.1) is 23.4 Å². The van der Waals surface area contributed by atoms with Crippen LogP contribution in [0.25, 0.3) is 0 Å². The summed E-state index contributed by atoms with van der Waals surface area (Å²) in [4.78, 5) is 14.1. The Kier molecular flexibility index (Phi) is 5.49. The number of allylic oxidation sites excluding steroid dienone is 2. The van der Waals surface area contributed by atoms with E-state index in [0.717, 1.165) is 0 Å². The number of rotatable bonds is 1. The predicted octanol–water partition coefficient (Wildman–Crippen LogP) is 3.49. The Balaban J connectivity index is 2.21. The molecule has 0 spiro atoms. The lowest BCUT2D eigenvalue weighted by molar-refractivity contribution is 0.0224. The summed E-state index contributed by atoms with van der Waals surface area (Å²) in [6.07, 6.45) is 1.09. The van der Waals surface area contributed by atoms with Gasteiger partial charge in [-0.3, -0.25) is 0 Å². The molecular formula is C23H22FN5O2. The second-order valence-corrected chi connectivity index (χ2v) is 8.58. The second kappa shape index (κ2) is 7.78. The first-order valence-electron chi connectivity index (χ1n) is 9.75. The summed E-state index contributed by atoms with van der Waals surface area (Å²) >= 11 is 0. The van der Waals surface area contributed by atoms with Gasteiger partial charge >= 0.3 is 6.09 Å². The highest BCUT2D eigenvalue weighted by Crippen LogP contribution is 2.54. The van der Waals surface area contributed by atoms with Crippen molar-refractivity contribution in [2.24, 2.45) is 17.1 Å². The molecule has 8 heteroatoms. The van der Waals surface area contributed by atoms with Crippen molar-refractivity contribution < 1.29 is 13.9 Å². The molecule has 7 nitrogen and oxygen atoms in total. The fourth-order valence-corrected chi connectivity index (χ4v) is 4.23. The number of ether oxygens (including phenoxy) is 1. The number of halogens is 1. The molecule has 1 aliphatic heterocycles. The average Bonchev–Trinajstić information content (AvgIpc) is 2.72. The number of amides is 1. The van der Waals surface area contributed by atoms with Gasteiger partial charge in [-0.25, -0.2) is 9.18 Å². The van der Waals surface area contributed by atoms with Crippen molar-refractivity contribution in [3.8, 4) is 18.2 Å². The summed E-state index contributed by atoms with van der Waals surface area (Å²) in [5.41, 5.74) is 3.99. The number of carbonyl (C=O) groups is 1. The van der Waals surface area contributed by atoms with Crippen LogP contribution >= 0.6 is 0 Å². The van der Waals surface area contributed by atoms with E-state index in [2.05, 4.69) is 0 Å². The van der Waals surface area contributed by atoms with E-state index in [1.165, 1.54) is 23.1 Å². The first-order chi connectivity index (χ1) is 14.6. The van der Waals surface area contributed by atoms with Crippen molar-refractivity contribution in [1.82, 2.24) is 4.90 Å². The zero-order valence-corrected chi connectivity index (χ0v) is 17.5. The molecular weight excluding hydrogens is 397 g/mol. The van der Waals surface area contributed by atoms with Crippen LogP contribution in [0.15, 0.2) is 47.2 Å². The van der Waals surface area contributed by atoms with Gasteiger partial charge in [0.2, 0.25) is 0 Å². The van der Waals surface area contributed by atoms with Crippen LogP contribution < -0.4 is 5.73 Å². The third-order valence-corrected chi connectivity index (χ3v) is 5.56. The van der Waals surface area contributed by atoms with Gasteiger partial charge in [0.15, 0.2) is 5.41 Å². The van der Waals surface area contributed by atoms with Crippen LogP contribution in [-0.2, 0) is 4.74 Å². The predicted molar refractivity (Wildman–Crippen MR) is 109 cm³/mol. The molecule has 158 valence electrons. The third kappa shape index (κ3) is 3.60. The molecule has 0 aromatic heterocycles. The lowest BCUT2D eigenvalue weighted by Gasteiger charge is -2.45. The van der Waals surface area contributed by atoms with Crippen molar-refractivity contribution in [1.29, 1.82) is 15.8 Å². The average molecular weight is 419 g/mol. The molecule has 1 aliphatic carbocycles. The molecule has 1 amide bonds. The molecule has 2 N–H and O–H groups in total. The van der Waals surface area contributed by atoms with Crippen LogP contribution in [0.3, 0.4) is 0 Å². The normalized spacial score (nSPS) is 22.4. The molecule has 0 saturated heterocycles. The maximum Gasteiger partial charge on any atom is 0.410 e. The van der Waals surface area contributed by atoms with E-state index < -0.39 is 34.8 Å². The molecule has 1 heterocycles. The van der Waals surface area contributed by atoms with E-state index in [1.807, 2.05) is 18.2 Å². The van der Waals surface area contributed by atoms with Crippen LogP contribution in [-0.4, -0.2) is 29.7 Å². The Hall–Kier alpha value is -3.83. The van der Waals surface area contributed by atoms with Gasteiger partial charge in [0, 0.05) is 24.9 Å². The molecule has 2 aliphatic rings. The Morgan fingerprint density at radius 3 is 2.45 bits per heavy atom. The van der Waals surface area contributed by atoms with Crippen molar-refractivity contribution in [3.63, 3.8) is 0 Å². The van der Waals surface area contributed by atoms with Crippen LogP contribution in [0.5, 0.6) is 0 Å². The number of hydrogen-bond donors (Lipinski definition) is 1. The molecule has 0 saturated carbocycles. The summed E-state index contributed by atoms with van der Waals surface area (Å²) in [7, 11) is 0. The summed E-state index contributed by atoms with van der Waals surface area (Å²) in [5, 5.41) is 29.8. The Bertz CT molecular complexity index is 1100.